The van der Waals surface area contributed by atoms with E-state index < -0.39 is 0 Å². The van der Waals surface area contributed by atoms with Gasteiger partial charge >= 0.3 is 0 Å². The molecule has 1 nitrogen and oxygen atoms in total. The second-order valence-corrected chi connectivity index (χ2v) is 5.75. The predicted octanol–water partition coefficient (Wildman–Crippen LogP) is 2.33. The van der Waals surface area contributed by atoms with Crippen molar-refractivity contribution in [1.29, 1.82) is 0 Å². The van der Waals surface area contributed by atoms with Gasteiger partial charge in [0.25, 0.3) is 0 Å². The molecule has 0 spiro atoms. The monoisotopic (exact) mass is 177 g/mol. The quantitative estimate of drug-likeness (QED) is 0.611. The van der Waals surface area contributed by atoms with Gasteiger partial charge in [0.1, 0.15) is 0 Å². The minimum absolute atomic E-state index is 0.499. The Labute approximate surface area is 80.4 Å². The van der Waals surface area contributed by atoms with E-state index >= 15 is 0 Å². The Bertz CT molecular complexity index is 277. The minimum atomic E-state index is 0.499. The van der Waals surface area contributed by atoms with Crippen molar-refractivity contribution in [2.24, 2.45) is 28.9 Å². The van der Waals surface area contributed by atoms with Crippen molar-refractivity contribution in [3.63, 3.8) is 0 Å². The molecule has 0 aromatic heterocycles. The van der Waals surface area contributed by atoms with E-state index in [1.165, 1.54) is 19.3 Å². The lowest BCUT2D eigenvalue weighted by Crippen LogP contribution is -2.48. The lowest BCUT2D eigenvalue weighted by atomic mass is 9.48. The fourth-order valence-corrected chi connectivity index (χ4v) is 3.41. The van der Waals surface area contributed by atoms with Crippen LogP contribution in [0.25, 0.3) is 0 Å². The van der Waals surface area contributed by atoms with Crippen LogP contribution in [0.3, 0.4) is 0 Å². The second-order valence-electron chi connectivity index (χ2n) is 5.75. The topological polar surface area (TPSA) is 26.0 Å². The summed E-state index contributed by atoms with van der Waals surface area (Å²) >= 11 is 0. The first-order chi connectivity index (χ1) is 6.10. The first-order valence-electron chi connectivity index (χ1n) is 5.56. The molecule has 4 aliphatic rings. The fourth-order valence-electron chi connectivity index (χ4n) is 3.41. The Morgan fingerprint density at radius 1 is 1.38 bits per heavy atom. The first-order valence-corrected chi connectivity index (χ1v) is 5.56. The average molecular weight is 177 g/mol. The van der Waals surface area contributed by atoms with Crippen molar-refractivity contribution in [2.75, 3.05) is 0 Å². The van der Waals surface area contributed by atoms with Crippen molar-refractivity contribution in [3.8, 4) is 0 Å². The smallest absolute Gasteiger partial charge is 0.0112 e. The van der Waals surface area contributed by atoms with Gasteiger partial charge in [-0.25, -0.2) is 0 Å². The molecule has 2 bridgehead atoms. The van der Waals surface area contributed by atoms with Crippen LogP contribution in [0.15, 0.2) is 11.6 Å². The van der Waals surface area contributed by atoms with Crippen molar-refractivity contribution >= 4 is 0 Å². The highest BCUT2D eigenvalue weighted by Crippen LogP contribution is 2.62. The standard InChI is InChI=1S/C12H19N/c1-12(2)7-3-4-8(10(12)5-7)9-6-11(9)13/h4,7,9-11H,3,5-6,13H2,1-2H3. The van der Waals surface area contributed by atoms with E-state index in [0.29, 0.717) is 11.5 Å². The zero-order chi connectivity index (χ0) is 9.22. The van der Waals surface area contributed by atoms with E-state index in [1.54, 1.807) is 5.57 Å². The van der Waals surface area contributed by atoms with Gasteiger partial charge in [-0.1, -0.05) is 25.5 Å². The summed E-state index contributed by atoms with van der Waals surface area (Å²) in [5.41, 5.74) is 8.24. The van der Waals surface area contributed by atoms with E-state index in [-0.39, 0.29) is 0 Å². The SMILES string of the molecule is CC1(C)C2CC=C(C3CC3N)C1C2. The van der Waals surface area contributed by atoms with E-state index in [4.69, 9.17) is 5.73 Å². The van der Waals surface area contributed by atoms with Crippen LogP contribution in [0.5, 0.6) is 0 Å². The van der Waals surface area contributed by atoms with E-state index in [2.05, 4.69) is 19.9 Å². The molecule has 13 heavy (non-hydrogen) atoms. The summed E-state index contributed by atoms with van der Waals surface area (Å²) in [6.07, 6.45) is 6.52. The van der Waals surface area contributed by atoms with Crippen LogP contribution in [0.1, 0.15) is 33.1 Å². The van der Waals surface area contributed by atoms with Gasteiger partial charge in [-0.05, 0) is 42.4 Å². The number of hydrogen-bond acceptors (Lipinski definition) is 1. The van der Waals surface area contributed by atoms with Gasteiger partial charge in [-0.15, -0.1) is 0 Å². The highest BCUT2D eigenvalue weighted by atomic mass is 14.8. The summed E-state index contributed by atoms with van der Waals surface area (Å²) in [4.78, 5) is 0. The summed E-state index contributed by atoms with van der Waals surface area (Å²) in [6.45, 7) is 4.87. The maximum atomic E-state index is 5.92. The minimum Gasteiger partial charge on any atom is -0.327 e. The van der Waals surface area contributed by atoms with Crippen LogP contribution < -0.4 is 5.73 Å². The number of nitrogens with two attached hydrogens (primary N) is 1. The van der Waals surface area contributed by atoms with Crippen LogP contribution in [-0.2, 0) is 0 Å². The van der Waals surface area contributed by atoms with Gasteiger partial charge < -0.3 is 5.73 Å². The van der Waals surface area contributed by atoms with Crippen LogP contribution >= 0.6 is 0 Å². The maximum absolute atomic E-state index is 5.92. The third-order valence-electron chi connectivity index (χ3n) is 4.78. The molecule has 4 unspecified atom stereocenters. The number of fused-ring (bicyclic) bond motifs is 1. The van der Waals surface area contributed by atoms with Gasteiger partial charge in [0.05, 0.1) is 0 Å². The molecule has 0 heterocycles. The lowest BCUT2D eigenvalue weighted by Gasteiger charge is -2.56. The highest BCUT2D eigenvalue weighted by Gasteiger charge is 2.55. The van der Waals surface area contributed by atoms with Crippen LogP contribution in [0, 0.1) is 23.2 Å². The normalized spacial score (nSPS) is 50.8. The molecule has 0 aromatic rings. The Morgan fingerprint density at radius 3 is 2.54 bits per heavy atom. The van der Waals surface area contributed by atoms with Gasteiger partial charge in [-0.2, -0.15) is 0 Å². The molecular weight excluding hydrogens is 158 g/mol. The molecule has 0 aliphatic heterocycles. The first kappa shape index (κ1) is 8.05. The molecule has 2 fully saturated rings. The highest BCUT2D eigenvalue weighted by molar-refractivity contribution is 5.30. The van der Waals surface area contributed by atoms with Gasteiger partial charge in [0, 0.05) is 6.04 Å². The van der Waals surface area contributed by atoms with Crippen molar-refractivity contribution < 1.29 is 0 Å². The molecule has 4 atom stereocenters. The molecule has 0 radical (unpaired) electrons. The zero-order valence-corrected chi connectivity index (χ0v) is 8.59. The van der Waals surface area contributed by atoms with Gasteiger partial charge in [0.2, 0.25) is 0 Å². The summed E-state index contributed by atoms with van der Waals surface area (Å²) in [5, 5.41) is 0. The van der Waals surface area contributed by atoms with Gasteiger partial charge in [-0.3, -0.25) is 0 Å². The summed E-state index contributed by atoms with van der Waals surface area (Å²) in [5.74, 6) is 2.62. The molecular formula is C12H19N. The number of hydrogen-bond donors (Lipinski definition) is 1. The second kappa shape index (κ2) is 2.20. The summed E-state index contributed by atoms with van der Waals surface area (Å²) < 4.78 is 0. The van der Waals surface area contributed by atoms with Crippen LogP contribution in [0.2, 0.25) is 0 Å². The van der Waals surface area contributed by atoms with Crippen molar-refractivity contribution in [3.05, 3.63) is 11.6 Å². The number of allylic oxidation sites excluding steroid dienone is 1. The molecule has 0 aromatic carbocycles. The molecule has 1 heteroatoms. The molecule has 2 N–H and O–H groups in total. The maximum Gasteiger partial charge on any atom is 0.0112 e. The summed E-state index contributed by atoms with van der Waals surface area (Å²) in [6, 6.07) is 0.499. The summed E-state index contributed by atoms with van der Waals surface area (Å²) in [7, 11) is 0. The molecule has 2 saturated carbocycles. The average Bonchev–Trinajstić information content (AvgIpc) is 2.82. The molecule has 72 valence electrons. The van der Waals surface area contributed by atoms with Crippen molar-refractivity contribution in [2.45, 2.75) is 39.2 Å². The molecule has 0 saturated heterocycles. The predicted molar refractivity (Wildman–Crippen MR) is 54.2 cm³/mol. The third-order valence-corrected chi connectivity index (χ3v) is 4.78. The third kappa shape index (κ3) is 0.914. The Kier molecular flexibility index (Phi) is 1.36. The molecule has 0 amide bonds. The molecule has 4 rings (SSSR count). The largest absolute Gasteiger partial charge is 0.327 e. The van der Waals surface area contributed by atoms with Gasteiger partial charge in [0.15, 0.2) is 0 Å². The Hall–Kier alpha value is -0.300. The molecule has 4 aliphatic carbocycles. The lowest BCUT2D eigenvalue weighted by molar-refractivity contribution is -0.00961. The Balaban J connectivity index is 1.86. The van der Waals surface area contributed by atoms with Crippen LogP contribution in [0.4, 0.5) is 0 Å². The van der Waals surface area contributed by atoms with E-state index in [0.717, 1.165) is 17.8 Å². The van der Waals surface area contributed by atoms with Crippen LogP contribution in [-0.4, -0.2) is 6.04 Å². The van der Waals surface area contributed by atoms with E-state index in [9.17, 15) is 0 Å². The zero-order valence-electron chi connectivity index (χ0n) is 8.59. The van der Waals surface area contributed by atoms with E-state index in [1.807, 2.05) is 0 Å². The fraction of sp³-hybridized carbons (Fsp3) is 0.833. The van der Waals surface area contributed by atoms with Crippen molar-refractivity contribution in [1.82, 2.24) is 0 Å². The Morgan fingerprint density at radius 2 is 2.08 bits per heavy atom. The number of rotatable bonds is 1.